The van der Waals surface area contributed by atoms with Crippen LogP contribution in [0.25, 0.3) is 31.3 Å². The van der Waals surface area contributed by atoms with Gasteiger partial charge in [-0.15, -0.1) is 34.0 Å². The summed E-state index contributed by atoms with van der Waals surface area (Å²) < 4.78 is 4.13. The number of hydrogen-bond donors (Lipinski definition) is 0. The van der Waals surface area contributed by atoms with Crippen LogP contribution in [0.2, 0.25) is 0 Å². The molecule has 10 aromatic rings. The molecule has 0 aliphatic carbocycles. The first-order chi connectivity index (χ1) is 37.1. The topological polar surface area (TPSA) is 0 Å². The molecule has 0 N–H and O–H groups in total. The van der Waals surface area contributed by atoms with Gasteiger partial charge in [0.2, 0.25) is 0 Å². The average Bonchev–Trinajstić information content (AvgIpc) is 4.30. The van der Waals surface area contributed by atoms with E-state index in [0.717, 1.165) is 0 Å². The molecule has 0 radical (unpaired) electrons. The molecule has 0 aliphatic heterocycles. The van der Waals surface area contributed by atoms with Gasteiger partial charge < -0.3 is 0 Å². The van der Waals surface area contributed by atoms with Gasteiger partial charge in [0.25, 0.3) is 20.1 Å². The fourth-order valence-corrected chi connectivity index (χ4v) is 17.9. The molecule has 0 atom stereocenters. The predicted molar refractivity (Wildman–Crippen MR) is 354 cm³/mol. The Hall–Kier alpha value is -6.17. The lowest BCUT2D eigenvalue weighted by Gasteiger charge is -2.23. The second kappa shape index (κ2) is 21.8. The van der Waals surface area contributed by atoms with Crippen LogP contribution in [0.15, 0.2) is 127 Å². The molecule has 0 spiro atoms. The van der Waals surface area contributed by atoms with Crippen LogP contribution >= 0.6 is 34.0 Å². The molecule has 0 unspecified atom stereocenters. The van der Waals surface area contributed by atoms with Crippen LogP contribution in [0, 0.1) is 125 Å². The first-order valence-corrected chi connectivity index (χ1v) is 30.4. The van der Waals surface area contributed by atoms with Crippen molar-refractivity contribution in [3.8, 4) is 31.3 Å². The Morgan fingerprint density at radius 1 is 0.231 bits per heavy atom. The van der Waals surface area contributed by atoms with Crippen LogP contribution in [0.4, 0.5) is 0 Å². The van der Waals surface area contributed by atoms with Gasteiger partial charge in [-0.1, -0.05) is 242 Å². The average molecular weight is 1070 g/mol. The molecular weight excluding hydrogens is 993 g/mol. The standard InChI is InChI=1S/C72H75B3S3/c1-40-28-46(7)67(47(8)29-40)73(68-48(9)30-41(2)31-49(68)10)63-25-22-60(76-63)58-20-19-21-59(61-23-26-64(77-61)74(69-50(11)32-42(3)33-51(69)12)70-52(13)34-43(4)35-53(70)14)66(58)62-24-27-65(78-62)75(71-54(15)36-44(5)37-55(71)16)72-56(17)38-45(6)39-57(72)18/h19-39H,1-18H3. The molecule has 10 rings (SSSR count). The highest BCUT2D eigenvalue weighted by molar-refractivity contribution is 7.31. The van der Waals surface area contributed by atoms with E-state index < -0.39 is 0 Å². The lowest BCUT2D eigenvalue weighted by molar-refractivity contribution is 1.34. The van der Waals surface area contributed by atoms with Gasteiger partial charge in [0.1, 0.15) is 0 Å². The van der Waals surface area contributed by atoms with Crippen molar-refractivity contribution in [1.82, 2.24) is 0 Å². The van der Waals surface area contributed by atoms with Gasteiger partial charge in [0.15, 0.2) is 0 Å². The maximum absolute atomic E-state index is 2.46. The third-order valence-electron chi connectivity index (χ3n) is 16.7. The molecule has 78 heavy (non-hydrogen) atoms. The highest BCUT2D eigenvalue weighted by atomic mass is 32.1. The summed E-state index contributed by atoms with van der Waals surface area (Å²) >= 11 is 5.95. The fraction of sp³-hybridized carbons (Fsp3) is 0.250. The van der Waals surface area contributed by atoms with Crippen molar-refractivity contribution in [2.45, 2.75) is 125 Å². The smallest absolute Gasteiger partial charge is 0.149 e. The van der Waals surface area contributed by atoms with Crippen molar-refractivity contribution in [3.05, 3.63) is 228 Å². The molecule has 6 heteroatoms. The van der Waals surface area contributed by atoms with Crippen LogP contribution < -0.4 is 47.1 Å². The van der Waals surface area contributed by atoms with E-state index in [2.05, 4.69) is 252 Å². The Kier molecular flexibility index (Phi) is 15.4. The van der Waals surface area contributed by atoms with Crippen molar-refractivity contribution in [2.24, 2.45) is 0 Å². The van der Waals surface area contributed by atoms with E-state index in [4.69, 9.17) is 0 Å². The molecule has 0 aliphatic rings. The SMILES string of the molecule is Cc1cc(C)c(B(c2ccc(-c3cccc(-c4ccc(B(c5c(C)cc(C)cc5C)c5c(C)cc(C)cc5C)s4)c3-c3ccc(B(c4c(C)cc(C)cc4C)c4c(C)cc(C)cc4C)s3)s2)c2c(C)cc(C)cc2C)c(C)c1. The third kappa shape index (κ3) is 10.3. The first-order valence-electron chi connectivity index (χ1n) is 28.0. The van der Waals surface area contributed by atoms with Crippen molar-refractivity contribution in [2.75, 3.05) is 0 Å². The second-order valence-electron chi connectivity index (χ2n) is 23.5. The molecule has 0 saturated carbocycles. The largest absolute Gasteiger partial charge is 0.255 e. The van der Waals surface area contributed by atoms with Crippen LogP contribution in [-0.4, -0.2) is 20.1 Å². The van der Waals surface area contributed by atoms with Gasteiger partial charge in [-0.25, -0.2) is 0 Å². The van der Waals surface area contributed by atoms with Crippen LogP contribution in [0.5, 0.6) is 0 Å². The van der Waals surface area contributed by atoms with E-state index in [0.29, 0.717) is 0 Å². The van der Waals surface area contributed by atoms with E-state index in [1.807, 2.05) is 34.0 Å². The first kappa shape index (κ1) is 55.2. The lowest BCUT2D eigenvalue weighted by Crippen LogP contribution is -2.54. The van der Waals surface area contributed by atoms with Gasteiger partial charge in [0.05, 0.1) is 0 Å². The number of benzene rings is 7. The number of rotatable bonds is 12. The highest BCUT2D eigenvalue weighted by Crippen LogP contribution is 2.44. The summed E-state index contributed by atoms with van der Waals surface area (Å²) in [5.74, 6) is 0. The molecule has 0 fully saturated rings. The van der Waals surface area contributed by atoms with Crippen molar-refractivity contribution in [1.29, 1.82) is 0 Å². The molecule has 3 aromatic heterocycles. The lowest BCUT2D eigenvalue weighted by atomic mass is 9.37. The van der Waals surface area contributed by atoms with Gasteiger partial charge in [-0.05, 0) is 157 Å². The minimum Gasteiger partial charge on any atom is -0.149 e. The van der Waals surface area contributed by atoms with Crippen molar-refractivity contribution < 1.29 is 0 Å². The Balaban J connectivity index is 1.22. The van der Waals surface area contributed by atoms with E-state index in [1.54, 1.807) is 0 Å². The van der Waals surface area contributed by atoms with Crippen LogP contribution in [0.1, 0.15) is 100 Å². The summed E-state index contributed by atoms with van der Waals surface area (Å²) in [5, 5.41) is 0. The highest BCUT2D eigenvalue weighted by Gasteiger charge is 2.34. The predicted octanol–water partition coefficient (Wildman–Crippen LogP) is 14.0. The van der Waals surface area contributed by atoms with E-state index >= 15 is 0 Å². The normalized spacial score (nSPS) is 11.5. The van der Waals surface area contributed by atoms with Gasteiger partial charge in [0, 0.05) is 31.3 Å². The minimum absolute atomic E-state index is 0.0905. The van der Waals surface area contributed by atoms with E-state index in [-0.39, 0.29) is 20.1 Å². The molecule has 0 saturated heterocycles. The maximum atomic E-state index is 2.46. The zero-order valence-electron chi connectivity index (χ0n) is 49.6. The zero-order valence-corrected chi connectivity index (χ0v) is 52.0. The van der Waals surface area contributed by atoms with Gasteiger partial charge in [-0.2, -0.15) is 0 Å². The maximum Gasteiger partial charge on any atom is 0.255 e. The summed E-state index contributed by atoms with van der Waals surface area (Å²) in [6, 6.07) is 50.4. The monoisotopic (exact) mass is 1070 g/mol. The summed E-state index contributed by atoms with van der Waals surface area (Å²) in [6.45, 7) is 41.5. The number of thiophene rings is 3. The summed E-state index contributed by atoms with van der Waals surface area (Å²) in [5.41, 5.74) is 36.5. The molecule has 7 aromatic carbocycles. The number of aryl methyl sites for hydroxylation is 18. The summed E-state index contributed by atoms with van der Waals surface area (Å²) in [6.07, 6.45) is 0. The van der Waals surface area contributed by atoms with Gasteiger partial charge >= 0.3 is 0 Å². The van der Waals surface area contributed by atoms with Crippen LogP contribution in [0.3, 0.4) is 0 Å². The van der Waals surface area contributed by atoms with Crippen molar-refractivity contribution >= 4 is 101 Å². The quantitative estimate of drug-likeness (QED) is 0.107. The zero-order chi connectivity index (χ0) is 55.8. The number of hydrogen-bond acceptors (Lipinski definition) is 3. The fourth-order valence-electron chi connectivity index (χ4n) is 14.3. The van der Waals surface area contributed by atoms with Crippen molar-refractivity contribution in [3.63, 3.8) is 0 Å². The summed E-state index contributed by atoms with van der Waals surface area (Å²) in [4.78, 5) is 3.89. The molecule has 390 valence electrons. The Bertz CT molecular complexity index is 3500. The summed E-state index contributed by atoms with van der Waals surface area (Å²) in [7, 11) is 0. The van der Waals surface area contributed by atoms with Crippen LogP contribution in [-0.2, 0) is 0 Å². The Morgan fingerprint density at radius 2 is 0.423 bits per heavy atom. The molecule has 0 bridgehead atoms. The Labute approximate surface area is 481 Å². The third-order valence-corrected chi connectivity index (χ3v) is 20.3. The van der Waals surface area contributed by atoms with E-state index in [1.165, 1.54) is 179 Å². The van der Waals surface area contributed by atoms with Gasteiger partial charge in [-0.3, -0.25) is 0 Å². The molecular formula is C72H75B3S3. The molecule has 0 nitrogen and oxygen atoms in total. The minimum atomic E-state index is 0.0905. The van der Waals surface area contributed by atoms with E-state index in [9.17, 15) is 0 Å². The Morgan fingerprint density at radius 3 is 0.641 bits per heavy atom. The molecule has 3 heterocycles. The second-order valence-corrected chi connectivity index (χ2v) is 26.9. The molecule has 0 amide bonds.